The zero-order valence-corrected chi connectivity index (χ0v) is 11.4. The Morgan fingerprint density at radius 2 is 2.15 bits per heavy atom. The van der Waals surface area contributed by atoms with E-state index in [0.717, 1.165) is 12.8 Å². The lowest BCUT2D eigenvalue weighted by molar-refractivity contribution is -0.144. The van der Waals surface area contributed by atoms with Crippen LogP contribution in [0, 0.1) is 11.3 Å². The van der Waals surface area contributed by atoms with Gasteiger partial charge in [0.2, 0.25) is 5.91 Å². The van der Waals surface area contributed by atoms with Crippen LogP contribution in [0.3, 0.4) is 0 Å². The summed E-state index contributed by atoms with van der Waals surface area (Å²) < 4.78 is 0. The predicted octanol–water partition coefficient (Wildman–Crippen LogP) is -0.703. The smallest absolute Gasteiger partial charge is 0.322 e. The zero-order chi connectivity index (χ0) is 14.6. The Hall–Kier alpha value is -1.65. The number of carbonyl (C=O) groups excluding carboxylic acids is 1. The second-order valence-corrected chi connectivity index (χ2v) is 5.48. The number of aliphatic carboxylic acids is 1. The van der Waals surface area contributed by atoms with Crippen molar-refractivity contribution in [3.63, 3.8) is 0 Å². The molecule has 1 heterocycles. The summed E-state index contributed by atoms with van der Waals surface area (Å²) in [7, 11) is 0. The summed E-state index contributed by atoms with van der Waals surface area (Å²) in [5.41, 5.74) is -0.746. The largest absolute Gasteiger partial charge is 0.480 e. The second-order valence-electron chi connectivity index (χ2n) is 5.48. The van der Waals surface area contributed by atoms with Crippen molar-refractivity contribution in [1.82, 2.24) is 15.5 Å². The monoisotopic (exact) mass is 280 g/mol. The molecule has 110 valence electrons. The average molecular weight is 280 g/mol. The highest BCUT2D eigenvalue weighted by Crippen LogP contribution is 2.28. The zero-order valence-electron chi connectivity index (χ0n) is 11.4. The van der Waals surface area contributed by atoms with Gasteiger partial charge in [0.25, 0.3) is 0 Å². The molecule has 1 unspecified atom stereocenters. The molecule has 1 saturated heterocycles. The van der Waals surface area contributed by atoms with Crippen LogP contribution in [0.2, 0.25) is 0 Å². The highest BCUT2D eigenvalue weighted by atomic mass is 16.4. The maximum Gasteiger partial charge on any atom is 0.322 e. The van der Waals surface area contributed by atoms with E-state index < -0.39 is 17.6 Å². The topological polar surface area (TPSA) is 105 Å². The number of nitrogens with one attached hydrogen (secondary N) is 2. The molecule has 1 aliphatic carbocycles. The molecule has 1 atom stereocenters. The molecule has 0 radical (unpaired) electrons. The van der Waals surface area contributed by atoms with Gasteiger partial charge in [-0.1, -0.05) is 0 Å². The summed E-state index contributed by atoms with van der Waals surface area (Å²) in [6.07, 6.45) is 3.25. The third kappa shape index (κ3) is 3.26. The molecule has 3 N–H and O–H groups in total. The first kappa shape index (κ1) is 14.8. The van der Waals surface area contributed by atoms with E-state index in [-0.39, 0.29) is 12.5 Å². The third-order valence-corrected chi connectivity index (χ3v) is 4.04. The van der Waals surface area contributed by atoms with Crippen LogP contribution in [-0.2, 0) is 9.59 Å². The van der Waals surface area contributed by atoms with E-state index >= 15 is 0 Å². The summed E-state index contributed by atoms with van der Waals surface area (Å²) in [4.78, 5) is 24.9. The standard InChI is InChI=1S/C13H20N4O3/c14-9-13(3-1-2-4-13)16-11(18)8-17-6-5-15-7-10(17)12(19)20/h10,15H,1-8H2,(H,16,18)(H,19,20). The Balaban J connectivity index is 1.93. The van der Waals surface area contributed by atoms with Crippen LogP contribution < -0.4 is 10.6 Å². The quantitative estimate of drug-likeness (QED) is 0.628. The van der Waals surface area contributed by atoms with Gasteiger partial charge in [-0.2, -0.15) is 5.26 Å². The Morgan fingerprint density at radius 3 is 2.75 bits per heavy atom. The number of hydrogen-bond acceptors (Lipinski definition) is 5. The Morgan fingerprint density at radius 1 is 1.45 bits per heavy atom. The van der Waals surface area contributed by atoms with Crippen LogP contribution >= 0.6 is 0 Å². The molecular formula is C13H20N4O3. The number of amides is 1. The van der Waals surface area contributed by atoms with Crippen LogP contribution in [0.1, 0.15) is 25.7 Å². The SMILES string of the molecule is N#CC1(NC(=O)CN2CCNCC2C(=O)O)CCCC1. The molecule has 0 bridgehead atoms. The van der Waals surface area contributed by atoms with Crippen molar-refractivity contribution in [1.29, 1.82) is 5.26 Å². The predicted molar refractivity (Wildman–Crippen MR) is 70.8 cm³/mol. The second kappa shape index (κ2) is 6.20. The van der Waals surface area contributed by atoms with Crippen LogP contribution in [-0.4, -0.2) is 59.6 Å². The highest BCUT2D eigenvalue weighted by Gasteiger charge is 2.37. The summed E-state index contributed by atoms with van der Waals surface area (Å²) in [5.74, 6) is -1.19. The van der Waals surface area contributed by atoms with Gasteiger partial charge < -0.3 is 15.7 Å². The summed E-state index contributed by atoms with van der Waals surface area (Å²) >= 11 is 0. The molecule has 1 amide bonds. The number of carboxylic acids is 1. The first-order valence-electron chi connectivity index (χ1n) is 6.96. The average Bonchev–Trinajstić information content (AvgIpc) is 2.88. The van der Waals surface area contributed by atoms with E-state index in [0.29, 0.717) is 32.5 Å². The Labute approximate surface area is 117 Å². The van der Waals surface area contributed by atoms with Crippen molar-refractivity contribution in [2.45, 2.75) is 37.3 Å². The van der Waals surface area contributed by atoms with Crippen molar-refractivity contribution >= 4 is 11.9 Å². The Bertz CT molecular complexity index is 426. The summed E-state index contributed by atoms with van der Waals surface area (Å²) in [6.45, 7) is 1.55. The molecule has 20 heavy (non-hydrogen) atoms. The van der Waals surface area contributed by atoms with Crippen molar-refractivity contribution in [3.05, 3.63) is 0 Å². The molecule has 2 fully saturated rings. The van der Waals surface area contributed by atoms with E-state index in [1.54, 1.807) is 4.90 Å². The fourth-order valence-corrected chi connectivity index (χ4v) is 2.91. The van der Waals surface area contributed by atoms with Gasteiger partial charge in [0.15, 0.2) is 0 Å². The van der Waals surface area contributed by atoms with E-state index in [1.807, 2.05) is 0 Å². The molecule has 1 aliphatic heterocycles. The van der Waals surface area contributed by atoms with Crippen LogP contribution in [0.15, 0.2) is 0 Å². The molecule has 7 nitrogen and oxygen atoms in total. The van der Waals surface area contributed by atoms with Crippen molar-refractivity contribution in [3.8, 4) is 6.07 Å². The molecule has 0 aromatic carbocycles. The number of nitrogens with zero attached hydrogens (tertiary/aromatic N) is 2. The van der Waals surface area contributed by atoms with Gasteiger partial charge >= 0.3 is 5.97 Å². The van der Waals surface area contributed by atoms with Gasteiger partial charge in [-0.15, -0.1) is 0 Å². The Kier molecular flexibility index (Phi) is 4.57. The van der Waals surface area contributed by atoms with E-state index in [1.165, 1.54) is 0 Å². The van der Waals surface area contributed by atoms with Crippen LogP contribution in [0.5, 0.6) is 0 Å². The van der Waals surface area contributed by atoms with E-state index in [2.05, 4.69) is 16.7 Å². The minimum Gasteiger partial charge on any atom is -0.480 e. The molecule has 7 heteroatoms. The lowest BCUT2D eigenvalue weighted by Crippen LogP contribution is -2.58. The summed E-state index contributed by atoms with van der Waals surface area (Å²) in [5, 5.41) is 24.2. The normalized spacial score (nSPS) is 25.9. The molecule has 2 aliphatic rings. The number of carbonyl (C=O) groups is 2. The number of piperazine rings is 1. The third-order valence-electron chi connectivity index (χ3n) is 4.04. The van der Waals surface area contributed by atoms with Crippen LogP contribution in [0.25, 0.3) is 0 Å². The lowest BCUT2D eigenvalue weighted by atomic mass is 10.00. The van der Waals surface area contributed by atoms with Gasteiger partial charge in [-0.3, -0.25) is 14.5 Å². The maximum absolute atomic E-state index is 12.1. The van der Waals surface area contributed by atoms with Crippen LogP contribution in [0.4, 0.5) is 0 Å². The van der Waals surface area contributed by atoms with E-state index in [9.17, 15) is 14.9 Å². The van der Waals surface area contributed by atoms with E-state index in [4.69, 9.17) is 5.11 Å². The fourth-order valence-electron chi connectivity index (χ4n) is 2.91. The lowest BCUT2D eigenvalue weighted by Gasteiger charge is -2.33. The van der Waals surface area contributed by atoms with Crippen molar-refractivity contribution in [2.75, 3.05) is 26.2 Å². The number of hydrogen-bond donors (Lipinski definition) is 3. The van der Waals surface area contributed by atoms with Gasteiger partial charge in [0, 0.05) is 19.6 Å². The van der Waals surface area contributed by atoms with Crippen molar-refractivity contribution in [2.24, 2.45) is 0 Å². The summed E-state index contributed by atoms with van der Waals surface area (Å²) in [6, 6.07) is 1.52. The molecule has 0 spiro atoms. The molecule has 0 aromatic rings. The highest BCUT2D eigenvalue weighted by molar-refractivity contribution is 5.81. The van der Waals surface area contributed by atoms with Gasteiger partial charge in [0.1, 0.15) is 11.6 Å². The number of carboxylic acid groups (broad SMARTS) is 1. The molecule has 2 rings (SSSR count). The van der Waals surface area contributed by atoms with Gasteiger partial charge in [-0.05, 0) is 25.7 Å². The first-order chi connectivity index (χ1) is 9.56. The molecular weight excluding hydrogens is 260 g/mol. The van der Waals surface area contributed by atoms with Gasteiger partial charge in [0.05, 0.1) is 12.6 Å². The van der Waals surface area contributed by atoms with Crippen molar-refractivity contribution < 1.29 is 14.7 Å². The molecule has 0 aromatic heterocycles. The first-order valence-corrected chi connectivity index (χ1v) is 6.96. The molecule has 1 saturated carbocycles. The van der Waals surface area contributed by atoms with Gasteiger partial charge in [-0.25, -0.2) is 0 Å². The number of nitriles is 1. The fraction of sp³-hybridized carbons (Fsp3) is 0.769. The number of rotatable bonds is 4. The minimum atomic E-state index is -0.930. The minimum absolute atomic E-state index is 0.0298. The maximum atomic E-state index is 12.1.